The van der Waals surface area contributed by atoms with E-state index in [2.05, 4.69) is 40.8 Å². The molecule has 0 aliphatic rings. The van der Waals surface area contributed by atoms with E-state index in [0.717, 1.165) is 56.2 Å². The third-order valence-corrected chi connectivity index (χ3v) is 3.04. The molecule has 4 nitrogen and oxygen atoms in total. The minimum Gasteiger partial charge on any atom is -0.463 e. The topological polar surface area (TPSA) is 43.0 Å². The lowest BCUT2D eigenvalue weighted by Crippen LogP contribution is -2.13. The van der Waals surface area contributed by atoms with Crippen LogP contribution in [-0.4, -0.2) is 16.1 Å². The monoisotopic (exact) mass is 261 g/mol. The molecule has 2 aromatic heterocycles. The molecule has 104 valence electrons. The van der Waals surface area contributed by atoms with E-state index in [-0.39, 0.29) is 0 Å². The molecule has 4 heteroatoms. The first-order valence-electron chi connectivity index (χ1n) is 7.11. The lowest BCUT2D eigenvalue weighted by molar-refractivity contribution is 0.435. The van der Waals surface area contributed by atoms with Gasteiger partial charge in [-0.3, -0.25) is 0 Å². The SMILES string of the molecule is CCCNCc1ccc(Cn2ccnc2CCC)o1. The van der Waals surface area contributed by atoms with E-state index in [4.69, 9.17) is 4.42 Å². The maximum atomic E-state index is 5.83. The van der Waals surface area contributed by atoms with Crippen molar-refractivity contribution in [2.75, 3.05) is 6.54 Å². The van der Waals surface area contributed by atoms with Gasteiger partial charge in [0.05, 0.1) is 13.1 Å². The summed E-state index contributed by atoms with van der Waals surface area (Å²) in [5.41, 5.74) is 0. The van der Waals surface area contributed by atoms with Crippen molar-refractivity contribution >= 4 is 0 Å². The number of furan rings is 1. The van der Waals surface area contributed by atoms with E-state index in [0.29, 0.717) is 0 Å². The molecule has 0 spiro atoms. The van der Waals surface area contributed by atoms with Gasteiger partial charge in [-0.2, -0.15) is 0 Å². The van der Waals surface area contributed by atoms with Gasteiger partial charge >= 0.3 is 0 Å². The molecule has 0 saturated heterocycles. The van der Waals surface area contributed by atoms with Crippen LogP contribution < -0.4 is 5.32 Å². The van der Waals surface area contributed by atoms with E-state index < -0.39 is 0 Å². The molecule has 0 aliphatic heterocycles. The fraction of sp³-hybridized carbons (Fsp3) is 0.533. The number of hydrogen-bond donors (Lipinski definition) is 1. The average Bonchev–Trinajstić information content (AvgIpc) is 3.02. The predicted octanol–water partition coefficient (Wildman–Crippen LogP) is 2.98. The van der Waals surface area contributed by atoms with Crippen LogP contribution in [0.3, 0.4) is 0 Å². The van der Waals surface area contributed by atoms with Crippen LogP contribution in [0.15, 0.2) is 28.9 Å². The van der Waals surface area contributed by atoms with Gasteiger partial charge in [-0.15, -0.1) is 0 Å². The number of rotatable bonds is 8. The Balaban J connectivity index is 1.93. The van der Waals surface area contributed by atoms with Crippen molar-refractivity contribution in [2.45, 2.75) is 46.2 Å². The Hall–Kier alpha value is -1.55. The van der Waals surface area contributed by atoms with Crippen molar-refractivity contribution in [1.29, 1.82) is 0 Å². The Bertz CT molecular complexity index is 487. The highest BCUT2D eigenvalue weighted by atomic mass is 16.3. The van der Waals surface area contributed by atoms with E-state index in [1.165, 1.54) is 0 Å². The summed E-state index contributed by atoms with van der Waals surface area (Å²) in [5.74, 6) is 3.12. The van der Waals surface area contributed by atoms with Gasteiger partial charge in [0.15, 0.2) is 0 Å². The molecule has 2 rings (SSSR count). The summed E-state index contributed by atoms with van der Waals surface area (Å²) in [6.45, 7) is 6.93. The minimum absolute atomic E-state index is 0.767. The zero-order chi connectivity index (χ0) is 13.5. The minimum atomic E-state index is 0.767. The first-order valence-corrected chi connectivity index (χ1v) is 7.11. The summed E-state index contributed by atoms with van der Waals surface area (Å²) >= 11 is 0. The molecule has 0 bridgehead atoms. The van der Waals surface area contributed by atoms with Crippen LogP contribution in [0.25, 0.3) is 0 Å². The first kappa shape index (κ1) is 13.9. The van der Waals surface area contributed by atoms with Crippen LogP contribution in [0.4, 0.5) is 0 Å². The second kappa shape index (κ2) is 7.14. The number of imidazole rings is 1. The molecule has 2 heterocycles. The van der Waals surface area contributed by atoms with Crippen molar-refractivity contribution in [3.8, 4) is 0 Å². The maximum absolute atomic E-state index is 5.83. The molecule has 0 atom stereocenters. The fourth-order valence-corrected chi connectivity index (χ4v) is 2.09. The lowest BCUT2D eigenvalue weighted by Gasteiger charge is -2.05. The molecule has 0 unspecified atom stereocenters. The van der Waals surface area contributed by atoms with Crippen LogP contribution in [0.2, 0.25) is 0 Å². The molecular formula is C15H23N3O. The third kappa shape index (κ3) is 3.96. The van der Waals surface area contributed by atoms with Crippen molar-refractivity contribution in [2.24, 2.45) is 0 Å². The molecule has 0 aliphatic carbocycles. The van der Waals surface area contributed by atoms with Crippen LogP contribution in [-0.2, 0) is 19.5 Å². The van der Waals surface area contributed by atoms with Gasteiger partial charge in [0, 0.05) is 18.8 Å². The molecule has 0 fully saturated rings. The van der Waals surface area contributed by atoms with E-state index in [1.54, 1.807) is 0 Å². The standard InChI is InChI=1S/C15H23N3O/c1-3-5-15-17-9-10-18(15)12-14-7-6-13(19-14)11-16-8-4-2/h6-7,9-10,16H,3-5,8,11-12H2,1-2H3. The zero-order valence-electron chi connectivity index (χ0n) is 11.9. The summed E-state index contributed by atoms with van der Waals surface area (Å²) in [5, 5.41) is 3.34. The van der Waals surface area contributed by atoms with Gasteiger partial charge in [0.25, 0.3) is 0 Å². The molecule has 0 saturated carbocycles. The van der Waals surface area contributed by atoms with Gasteiger partial charge in [0.1, 0.15) is 17.3 Å². The zero-order valence-corrected chi connectivity index (χ0v) is 11.9. The summed E-state index contributed by atoms with van der Waals surface area (Å²) in [6.07, 6.45) is 7.14. The number of hydrogen-bond acceptors (Lipinski definition) is 3. The van der Waals surface area contributed by atoms with Crippen molar-refractivity contribution in [1.82, 2.24) is 14.9 Å². The van der Waals surface area contributed by atoms with Crippen molar-refractivity contribution in [3.05, 3.63) is 41.9 Å². The predicted molar refractivity (Wildman–Crippen MR) is 76.0 cm³/mol. The second-order valence-corrected chi connectivity index (χ2v) is 4.77. The number of nitrogens with zero attached hydrogens (tertiary/aromatic N) is 2. The summed E-state index contributed by atoms with van der Waals surface area (Å²) in [7, 11) is 0. The van der Waals surface area contributed by atoms with E-state index in [9.17, 15) is 0 Å². The second-order valence-electron chi connectivity index (χ2n) is 4.77. The average molecular weight is 261 g/mol. The highest BCUT2D eigenvalue weighted by molar-refractivity contribution is 5.09. The number of aromatic nitrogens is 2. The quantitative estimate of drug-likeness (QED) is 0.743. The first-order chi connectivity index (χ1) is 9.33. The van der Waals surface area contributed by atoms with Gasteiger partial charge in [-0.1, -0.05) is 13.8 Å². The molecule has 19 heavy (non-hydrogen) atoms. The molecule has 0 aromatic carbocycles. The smallest absolute Gasteiger partial charge is 0.123 e. The van der Waals surface area contributed by atoms with Crippen LogP contribution in [0, 0.1) is 0 Å². The van der Waals surface area contributed by atoms with Crippen molar-refractivity contribution in [3.63, 3.8) is 0 Å². The van der Waals surface area contributed by atoms with Crippen LogP contribution in [0.5, 0.6) is 0 Å². The maximum Gasteiger partial charge on any atom is 0.123 e. The molecule has 0 amide bonds. The Morgan fingerprint density at radius 3 is 2.84 bits per heavy atom. The fourth-order valence-electron chi connectivity index (χ4n) is 2.09. The number of aryl methyl sites for hydroxylation is 1. The summed E-state index contributed by atoms with van der Waals surface area (Å²) < 4.78 is 7.98. The molecule has 2 aromatic rings. The van der Waals surface area contributed by atoms with E-state index >= 15 is 0 Å². The van der Waals surface area contributed by atoms with E-state index in [1.807, 2.05) is 12.4 Å². The van der Waals surface area contributed by atoms with Gasteiger partial charge in [0.2, 0.25) is 0 Å². The highest BCUT2D eigenvalue weighted by Crippen LogP contribution is 2.11. The van der Waals surface area contributed by atoms with Gasteiger partial charge in [-0.25, -0.2) is 4.98 Å². The Morgan fingerprint density at radius 1 is 1.21 bits per heavy atom. The van der Waals surface area contributed by atoms with Crippen LogP contribution in [0.1, 0.15) is 44.0 Å². The van der Waals surface area contributed by atoms with Gasteiger partial charge < -0.3 is 14.3 Å². The van der Waals surface area contributed by atoms with Gasteiger partial charge in [-0.05, 0) is 31.5 Å². The molecule has 1 N–H and O–H groups in total. The highest BCUT2D eigenvalue weighted by Gasteiger charge is 2.06. The summed E-state index contributed by atoms with van der Waals surface area (Å²) in [4.78, 5) is 4.38. The largest absolute Gasteiger partial charge is 0.463 e. The normalized spacial score (nSPS) is 11.1. The Labute approximate surface area is 114 Å². The third-order valence-electron chi connectivity index (χ3n) is 3.04. The van der Waals surface area contributed by atoms with Crippen molar-refractivity contribution < 1.29 is 4.42 Å². The number of nitrogens with one attached hydrogen (secondary N) is 1. The molecule has 0 radical (unpaired) electrons. The molecular weight excluding hydrogens is 238 g/mol. The lowest BCUT2D eigenvalue weighted by atomic mass is 10.3. The summed E-state index contributed by atoms with van der Waals surface area (Å²) in [6, 6.07) is 4.10. The van der Waals surface area contributed by atoms with Crippen LogP contribution >= 0.6 is 0 Å². The Morgan fingerprint density at radius 2 is 2.05 bits per heavy atom. The Kier molecular flexibility index (Phi) is 5.21.